The predicted molar refractivity (Wildman–Crippen MR) is 159 cm³/mol. The number of carbonyl (C=O) groups is 3. The van der Waals surface area contributed by atoms with E-state index in [0.29, 0.717) is 6.54 Å². The minimum atomic E-state index is -0.936. The summed E-state index contributed by atoms with van der Waals surface area (Å²) >= 11 is 0. The molecule has 3 atom stereocenters. The molecule has 0 aliphatic rings. The lowest BCUT2D eigenvalue weighted by Gasteiger charge is -2.42. The molecule has 0 radical (unpaired) electrons. The van der Waals surface area contributed by atoms with Gasteiger partial charge in [0.2, 0.25) is 0 Å². The maximum absolute atomic E-state index is 11.6. The average molecular weight is 555 g/mol. The van der Waals surface area contributed by atoms with Crippen LogP contribution in [0.2, 0.25) is 0 Å². The molecule has 3 unspecified atom stereocenters. The lowest BCUT2D eigenvalue weighted by atomic mass is 10.0. The molecule has 0 heterocycles. The molecular weight excluding hydrogens is 494 g/mol. The maximum Gasteiger partial charge on any atom is 0.311 e. The van der Waals surface area contributed by atoms with Crippen LogP contribution < -0.4 is 0 Å². The van der Waals surface area contributed by atoms with E-state index in [1.54, 1.807) is 20.8 Å². The number of hydrogen-bond donors (Lipinski definition) is 3. The third kappa shape index (κ3) is 19.8. The van der Waals surface area contributed by atoms with Gasteiger partial charge in [0.15, 0.2) is 0 Å². The number of nitrogens with zero attached hydrogens (tertiary/aromatic N) is 1. The molecule has 0 spiro atoms. The van der Waals surface area contributed by atoms with Crippen LogP contribution in [0.3, 0.4) is 0 Å². The van der Waals surface area contributed by atoms with Crippen molar-refractivity contribution in [2.45, 2.75) is 130 Å². The molecule has 7 heteroatoms. The van der Waals surface area contributed by atoms with Crippen LogP contribution in [0.15, 0.2) is 12.2 Å². The SMILES string of the molecule is CCCCCCCCCCC/C=C/CCCCCCC[N+](CC(C)C(=O)O)(CC(C)C(=O)O)CC(C)C(=O)O. The number of allylic oxidation sites excluding steroid dienone is 2. The van der Waals surface area contributed by atoms with Gasteiger partial charge in [-0.25, -0.2) is 0 Å². The first kappa shape index (κ1) is 37.1. The van der Waals surface area contributed by atoms with Gasteiger partial charge in [0.05, 0.1) is 26.2 Å². The summed E-state index contributed by atoms with van der Waals surface area (Å²) in [6, 6.07) is 0. The number of carboxylic acids is 3. The fraction of sp³-hybridized carbons (Fsp3) is 0.844. The molecule has 0 aliphatic carbocycles. The average Bonchev–Trinajstić information content (AvgIpc) is 2.87. The van der Waals surface area contributed by atoms with Crippen molar-refractivity contribution in [1.82, 2.24) is 0 Å². The summed E-state index contributed by atoms with van der Waals surface area (Å²) in [4.78, 5) is 34.8. The van der Waals surface area contributed by atoms with E-state index in [0.717, 1.165) is 38.5 Å². The molecule has 0 rings (SSSR count). The number of unbranched alkanes of at least 4 members (excludes halogenated alkanes) is 14. The van der Waals surface area contributed by atoms with E-state index >= 15 is 0 Å². The largest absolute Gasteiger partial charge is 0.481 e. The molecule has 0 aliphatic heterocycles. The van der Waals surface area contributed by atoms with Gasteiger partial charge >= 0.3 is 17.9 Å². The smallest absolute Gasteiger partial charge is 0.311 e. The second kappa shape index (κ2) is 22.9. The highest BCUT2D eigenvalue weighted by atomic mass is 16.4. The van der Waals surface area contributed by atoms with Gasteiger partial charge in [0.1, 0.15) is 17.8 Å². The van der Waals surface area contributed by atoms with Crippen molar-refractivity contribution in [2.75, 3.05) is 26.2 Å². The molecule has 0 fully saturated rings. The van der Waals surface area contributed by atoms with Crippen LogP contribution in [0.5, 0.6) is 0 Å². The number of hydrogen-bond acceptors (Lipinski definition) is 3. The zero-order chi connectivity index (χ0) is 29.5. The number of rotatable bonds is 27. The number of carboxylic acid groups (broad SMARTS) is 3. The fourth-order valence-corrected chi connectivity index (χ4v) is 5.52. The van der Waals surface area contributed by atoms with Crippen molar-refractivity contribution in [3.05, 3.63) is 12.2 Å². The Morgan fingerprint density at radius 1 is 0.538 bits per heavy atom. The fourth-order valence-electron chi connectivity index (χ4n) is 5.52. The molecule has 0 saturated heterocycles. The first-order valence-corrected chi connectivity index (χ1v) is 15.7. The van der Waals surface area contributed by atoms with Crippen molar-refractivity contribution in [2.24, 2.45) is 17.8 Å². The number of aliphatic carboxylic acids is 3. The van der Waals surface area contributed by atoms with Crippen LogP contribution in [0, 0.1) is 17.8 Å². The van der Waals surface area contributed by atoms with Crippen LogP contribution in [0.4, 0.5) is 0 Å². The molecule has 228 valence electrons. The summed E-state index contributed by atoms with van der Waals surface area (Å²) in [7, 11) is 0. The third-order valence-electron chi connectivity index (χ3n) is 7.89. The standard InChI is InChI=1S/C32H59NO6/c1-5-6-7-8-9-10-11-12-13-14-15-16-17-18-19-20-21-22-23-33(24-27(2)30(34)35,25-28(3)31(36)37)26-29(4)32(38)39/h15-16,27-29H,5-14,17-26H2,1-4H3,(H2-,34,35,36,37,38,39)/p+1/b16-15+. The Bertz CT molecular complexity index is 637. The molecule has 0 aromatic carbocycles. The summed E-state index contributed by atoms with van der Waals surface area (Å²) in [5.41, 5.74) is 0. The highest BCUT2D eigenvalue weighted by Gasteiger charge is 2.38. The van der Waals surface area contributed by atoms with Gasteiger partial charge in [-0.2, -0.15) is 0 Å². The van der Waals surface area contributed by atoms with E-state index in [9.17, 15) is 29.7 Å². The van der Waals surface area contributed by atoms with E-state index < -0.39 is 35.7 Å². The second-order valence-electron chi connectivity index (χ2n) is 12.0. The Morgan fingerprint density at radius 2 is 0.846 bits per heavy atom. The third-order valence-corrected chi connectivity index (χ3v) is 7.89. The Kier molecular flexibility index (Phi) is 21.8. The van der Waals surface area contributed by atoms with Gasteiger partial charge in [0.25, 0.3) is 0 Å². The summed E-state index contributed by atoms with van der Waals surface area (Å²) in [6.07, 6.45) is 24.3. The second-order valence-corrected chi connectivity index (χ2v) is 12.0. The Balaban J connectivity index is 4.41. The lowest BCUT2D eigenvalue weighted by molar-refractivity contribution is -0.934. The van der Waals surface area contributed by atoms with E-state index in [-0.39, 0.29) is 24.1 Å². The monoisotopic (exact) mass is 554 g/mol. The van der Waals surface area contributed by atoms with Gasteiger partial charge in [-0.3, -0.25) is 14.4 Å². The number of quaternary nitrogens is 1. The molecule has 0 amide bonds. The predicted octanol–water partition coefficient (Wildman–Crippen LogP) is 7.78. The van der Waals surface area contributed by atoms with Gasteiger partial charge in [-0.1, -0.05) is 83.3 Å². The van der Waals surface area contributed by atoms with Gasteiger partial charge in [-0.05, 0) is 59.3 Å². The van der Waals surface area contributed by atoms with Crippen LogP contribution >= 0.6 is 0 Å². The molecule has 7 nitrogen and oxygen atoms in total. The molecule has 0 aromatic rings. The van der Waals surface area contributed by atoms with Crippen LogP contribution in [-0.4, -0.2) is 63.9 Å². The Morgan fingerprint density at radius 3 is 1.18 bits per heavy atom. The van der Waals surface area contributed by atoms with Gasteiger partial charge in [-0.15, -0.1) is 0 Å². The molecule has 3 N–H and O–H groups in total. The molecule has 0 aromatic heterocycles. The Labute approximate surface area is 238 Å². The van der Waals surface area contributed by atoms with Crippen LogP contribution in [0.25, 0.3) is 0 Å². The minimum Gasteiger partial charge on any atom is -0.481 e. The lowest BCUT2D eigenvalue weighted by Crippen LogP contribution is -2.57. The van der Waals surface area contributed by atoms with Crippen LogP contribution in [-0.2, 0) is 14.4 Å². The zero-order valence-corrected chi connectivity index (χ0v) is 25.5. The summed E-state index contributed by atoms with van der Waals surface area (Å²) in [6.45, 7) is 8.46. The maximum atomic E-state index is 11.6. The van der Waals surface area contributed by atoms with Crippen LogP contribution in [0.1, 0.15) is 130 Å². The van der Waals surface area contributed by atoms with Crippen molar-refractivity contribution in [3.8, 4) is 0 Å². The normalized spacial score (nSPS) is 15.6. The topological polar surface area (TPSA) is 112 Å². The van der Waals surface area contributed by atoms with E-state index in [1.807, 2.05) is 0 Å². The van der Waals surface area contributed by atoms with Crippen molar-refractivity contribution in [3.63, 3.8) is 0 Å². The summed E-state index contributed by atoms with van der Waals surface area (Å²) in [5, 5.41) is 28.5. The molecule has 39 heavy (non-hydrogen) atoms. The zero-order valence-electron chi connectivity index (χ0n) is 25.5. The van der Waals surface area contributed by atoms with Crippen molar-refractivity contribution >= 4 is 17.9 Å². The Hall–Kier alpha value is -1.89. The van der Waals surface area contributed by atoms with Gasteiger partial charge in [0, 0.05) is 0 Å². The molecule has 0 saturated carbocycles. The first-order valence-electron chi connectivity index (χ1n) is 15.7. The summed E-state index contributed by atoms with van der Waals surface area (Å²) in [5.74, 6) is -4.82. The molecular formula is C32H60NO6+. The van der Waals surface area contributed by atoms with E-state index in [4.69, 9.17) is 0 Å². The first-order chi connectivity index (χ1) is 18.5. The highest BCUT2D eigenvalue weighted by molar-refractivity contribution is 5.70. The highest BCUT2D eigenvalue weighted by Crippen LogP contribution is 2.22. The van der Waals surface area contributed by atoms with E-state index in [2.05, 4.69) is 19.1 Å². The minimum absolute atomic E-state index is 0.218. The molecule has 0 bridgehead atoms. The van der Waals surface area contributed by atoms with Gasteiger partial charge < -0.3 is 19.8 Å². The van der Waals surface area contributed by atoms with Crippen molar-refractivity contribution < 1.29 is 34.2 Å². The van der Waals surface area contributed by atoms with E-state index in [1.165, 1.54) is 64.2 Å². The van der Waals surface area contributed by atoms with Crippen molar-refractivity contribution in [1.29, 1.82) is 0 Å². The quantitative estimate of drug-likeness (QED) is 0.0543. The summed E-state index contributed by atoms with van der Waals surface area (Å²) < 4.78 is 0.218.